The number of hydrogen-bond acceptors (Lipinski definition) is 3. The zero-order valence-electron chi connectivity index (χ0n) is 9.87. The molecule has 0 aromatic heterocycles. The third-order valence-corrected chi connectivity index (χ3v) is 2.90. The highest BCUT2D eigenvalue weighted by Gasteiger charge is 2.20. The molecule has 0 aliphatic carbocycles. The largest absolute Gasteiger partial charge is 0.353 e. The molecule has 1 heterocycles. The Kier molecular flexibility index (Phi) is 5.25. The van der Waals surface area contributed by atoms with Gasteiger partial charge in [-0.05, 0) is 25.3 Å². The van der Waals surface area contributed by atoms with Gasteiger partial charge in [0.1, 0.15) is 0 Å². The van der Waals surface area contributed by atoms with Crippen molar-refractivity contribution in [3.8, 4) is 0 Å². The highest BCUT2D eigenvalue weighted by Crippen LogP contribution is 2.11. The first-order valence-corrected chi connectivity index (χ1v) is 5.88. The summed E-state index contributed by atoms with van der Waals surface area (Å²) in [6.07, 6.45) is 2.33. The van der Waals surface area contributed by atoms with E-state index in [0.717, 1.165) is 12.8 Å². The molecule has 3 N–H and O–H groups in total. The van der Waals surface area contributed by atoms with Gasteiger partial charge in [-0.2, -0.15) is 0 Å². The molecule has 1 atom stereocenters. The van der Waals surface area contributed by atoms with Gasteiger partial charge in [-0.25, -0.2) is 0 Å². The highest BCUT2D eigenvalue weighted by atomic mass is 16.2. The summed E-state index contributed by atoms with van der Waals surface area (Å²) in [6, 6.07) is 0. The summed E-state index contributed by atoms with van der Waals surface area (Å²) >= 11 is 0. The van der Waals surface area contributed by atoms with Gasteiger partial charge in [-0.1, -0.05) is 6.92 Å². The Morgan fingerprint density at radius 1 is 1.56 bits per heavy atom. The zero-order chi connectivity index (χ0) is 12.0. The van der Waals surface area contributed by atoms with E-state index in [-0.39, 0.29) is 18.4 Å². The molecule has 92 valence electrons. The molecular formula is C11H21N3O2. The molecule has 1 fully saturated rings. The van der Waals surface area contributed by atoms with Crippen LogP contribution < -0.4 is 11.1 Å². The standard InChI is InChI=1S/C11H21N3O2/c1-9(4-5-12)2-3-11(16)14-7-6-13-10(15)8-14/h9H,2-8,12H2,1H3,(H,13,15). The first-order valence-electron chi connectivity index (χ1n) is 5.88. The van der Waals surface area contributed by atoms with E-state index < -0.39 is 0 Å². The van der Waals surface area contributed by atoms with Gasteiger partial charge in [0.15, 0.2) is 0 Å². The van der Waals surface area contributed by atoms with Crippen LogP contribution in [0.15, 0.2) is 0 Å². The van der Waals surface area contributed by atoms with E-state index in [0.29, 0.717) is 32.0 Å². The van der Waals surface area contributed by atoms with Crippen LogP contribution in [0.5, 0.6) is 0 Å². The lowest BCUT2D eigenvalue weighted by molar-refractivity contribution is -0.138. The topological polar surface area (TPSA) is 75.4 Å². The van der Waals surface area contributed by atoms with Crippen molar-refractivity contribution in [3.63, 3.8) is 0 Å². The minimum absolute atomic E-state index is 0.0605. The number of nitrogens with zero attached hydrogens (tertiary/aromatic N) is 1. The van der Waals surface area contributed by atoms with Crippen LogP contribution in [0.4, 0.5) is 0 Å². The summed E-state index contributed by atoms with van der Waals surface area (Å²) in [5.41, 5.74) is 5.45. The molecule has 1 unspecified atom stereocenters. The predicted octanol–water partition coefficient (Wildman–Crippen LogP) is -0.290. The van der Waals surface area contributed by atoms with Crippen molar-refractivity contribution in [3.05, 3.63) is 0 Å². The number of rotatable bonds is 5. The van der Waals surface area contributed by atoms with Crippen LogP contribution in [-0.4, -0.2) is 42.9 Å². The number of carbonyl (C=O) groups excluding carboxylic acids is 2. The molecule has 0 radical (unpaired) electrons. The van der Waals surface area contributed by atoms with Crippen molar-refractivity contribution in [1.29, 1.82) is 0 Å². The minimum atomic E-state index is -0.0605. The van der Waals surface area contributed by atoms with E-state index in [9.17, 15) is 9.59 Å². The fourth-order valence-corrected chi connectivity index (χ4v) is 1.81. The molecule has 0 aromatic carbocycles. The van der Waals surface area contributed by atoms with Crippen LogP contribution >= 0.6 is 0 Å². The Bertz CT molecular complexity index is 256. The van der Waals surface area contributed by atoms with Crippen LogP contribution in [0.3, 0.4) is 0 Å². The normalized spacial score (nSPS) is 18.1. The molecule has 2 amide bonds. The smallest absolute Gasteiger partial charge is 0.239 e. The molecule has 1 rings (SSSR count). The quantitative estimate of drug-likeness (QED) is 0.677. The predicted molar refractivity (Wildman–Crippen MR) is 61.7 cm³/mol. The zero-order valence-corrected chi connectivity index (χ0v) is 9.87. The molecule has 16 heavy (non-hydrogen) atoms. The summed E-state index contributed by atoms with van der Waals surface area (Å²) in [7, 11) is 0. The van der Waals surface area contributed by atoms with Crippen LogP contribution in [-0.2, 0) is 9.59 Å². The lowest BCUT2D eigenvalue weighted by atomic mass is 10.0. The summed E-state index contributed by atoms with van der Waals surface area (Å²) in [5.74, 6) is 0.501. The minimum Gasteiger partial charge on any atom is -0.353 e. The third kappa shape index (κ3) is 4.18. The maximum atomic E-state index is 11.8. The number of carbonyl (C=O) groups is 2. The number of hydrogen-bond donors (Lipinski definition) is 2. The van der Waals surface area contributed by atoms with Crippen molar-refractivity contribution < 1.29 is 9.59 Å². The SMILES string of the molecule is CC(CCN)CCC(=O)N1CCNC(=O)C1. The monoisotopic (exact) mass is 227 g/mol. The molecule has 1 aliphatic rings. The molecule has 1 saturated heterocycles. The molecule has 0 bridgehead atoms. The van der Waals surface area contributed by atoms with Gasteiger partial charge in [0.2, 0.25) is 11.8 Å². The van der Waals surface area contributed by atoms with Crippen molar-refractivity contribution in [2.75, 3.05) is 26.2 Å². The van der Waals surface area contributed by atoms with Crippen molar-refractivity contribution in [2.45, 2.75) is 26.2 Å². The van der Waals surface area contributed by atoms with Crippen LogP contribution in [0, 0.1) is 5.92 Å². The van der Waals surface area contributed by atoms with Gasteiger partial charge < -0.3 is 16.0 Å². The number of piperazine rings is 1. The van der Waals surface area contributed by atoms with Crippen LogP contribution in [0.25, 0.3) is 0 Å². The molecular weight excluding hydrogens is 206 g/mol. The Morgan fingerprint density at radius 3 is 2.94 bits per heavy atom. The van der Waals surface area contributed by atoms with E-state index in [1.807, 2.05) is 0 Å². The maximum Gasteiger partial charge on any atom is 0.239 e. The van der Waals surface area contributed by atoms with Gasteiger partial charge in [0, 0.05) is 19.5 Å². The van der Waals surface area contributed by atoms with E-state index in [2.05, 4.69) is 12.2 Å². The summed E-state index contributed by atoms with van der Waals surface area (Å²) in [6.45, 7) is 4.19. The average molecular weight is 227 g/mol. The van der Waals surface area contributed by atoms with E-state index in [1.54, 1.807) is 4.90 Å². The molecule has 0 spiro atoms. The lowest BCUT2D eigenvalue weighted by Crippen LogP contribution is -2.49. The summed E-state index contributed by atoms with van der Waals surface area (Å²) in [4.78, 5) is 24.5. The first-order chi connectivity index (χ1) is 7.63. The Morgan fingerprint density at radius 2 is 2.31 bits per heavy atom. The Balaban J connectivity index is 2.26. The van der Waals surface area contributed by atoms with E-state index in [1.165, 1.54) is 0 Å². The van der Waals surface area contributed by atoms with Gasteiger partial charge in [0.05, 0.1) is 6.54 Å². The highest BCUT2D eigenvalue weighted by molar-refractivity contribution is 5.85. The van der Waals surface area contributed by atoms with Gasteiger partial charge in [-0.15, -0.1) is 0 Å². The number of nitrogens with two attached hydrogens (primary N) is 1. The van der Waals surface area contributed by atoms with Crippen molar-refractivity contribution in [2.24, 2.45) is 11.7 Å². The second-order valence-electron chi connectivity index (χ2n) is 4.39. The average Bonchev–Trinajstić information content (AvgIpc) is 2.26. The van der Waals surface area contributed by atoms with Gasteiger partial charge in [-0.3, -0.25) is 9.59 Å². The molecule has 0 saturated carbocycles. The number of amides is 2. The first kappa shape index (κ1) is 13.0. The fraction of sp³-hybridized carbons (Fsp3) is 0.818. The molecule has 5 heteroatoms. The number of nitrogens with one attached hydrogen (secondary N) is 1. The third-order valence-electron chi connectivity index (χ3n) is 2.90. The second-order valence-corrected chi connectivity index (χ2v) is 4.39. The van der Waals surface area contributed by atoms with Crippen LogP contribution in [0.2, 0.25) is 0 Å². The van der Waals surface area contributed by atoms with Gasteiger partial charge in [0.25, 0.3) is 0 Å². The van der Waals surface area contributed by atoms with E-state index >= 15 is 0 Å². The molecule has 0 aromatic rings. The van der Waals surface area contributed by atoms with E-state index in [4.69, 9.17) is 5.73 Å². The van der Waals surface area contributed by atoms with Crippen molar-refractivity contribution >= 4 is 11.8 Å². The molecule has 5 nitrogen and oxygen atoms in total. The fourth-order valence-electron chi connectivity index (χ4n) is 1.81. The summed E-state index contributed by atoms with van der Waals surface area (Å²) < 4.78 is 0. The van der Waals surface area contributed by atoms with Gasteiger partial charge >= 0.3 is 0 Å². The van der Waals surface area contributed by atoms with Crippen LogP contribution in [0.1, 0.15) is 26.2 Å². The summed E-state index contributed by atoms with van der Waals surface area (Å²) in [5, 5.41) is 2.70. The Labute approximate surface area is 96.4 Å². The Hall–Kier alpha value is -1.10. The lowest BCUT2D eigenvalue weighted by Gasteiger charge is -2.27. The molecule has 1 aliphatic heterocycles. The second kappa shape index (κ2) is 6.48. The van der Waals surface area contributed by atoms with Crippen molar-refractivity contribution in [1.82, 2.24) is 10.2 Å². The maximum absolute atomic E-state index is 11.8.